The lowest BCUT2D eigenvalue weighted by molar-refractivity contribution is 0.0586. The van der Waals surface area contributed by atoms with Crippen LogP contribution in [0.4, 0.5) is 0 Å². The predicted octanol–water partition coefficient (Wildman–Crippen LogP) is 3.47. The van der Waals surface area contributed by atoms with E-state index in [4.69, 9.17) is 16.3 Å². The fraction of sp³-hybridized carbons (Fsp3) is 0.600. The largest absolute Gasteiger partial charge is 0.381 e. The molecule has 3 heteroatoms. The van der Waals surface area contributed by atoms with Gasteiger partial charge in [0.2, 0.25) is 0 Å². The number of rotatable bonds is 5. The highest BCUT2D eigenvalue weighted by Gasteiger charge is 2.20. The van der Waals surface area contributed by atoms with Crippen LogP contribution in [0.2, 0.25) is 0 Å². The van der Waals surface area contributed by atoms with E-state index in [2.05, 4.69) is 29.6 Å². The van der Waals surface area contributed by atoms with E-state index >= 15 is 0 Å². The van der Waals surface area contributed by atoms with Crippen LogP contribution >= 0.6 is 11.6 Å². The molecule has 1 fully saturated rings. The first-order valence-corrected chi connectivity index (χ1v) is 7.25. The lowest BCUT2D eigenvalue weighted by Crippen LogP contribution is -2.36. The number of nitrogens with one attached hydrogen (secondary N) is 1. The third-order valence-electron chi connectivity index (χ3n) is 3.70. The Morgan fingerprint density at radius 3 is 2.94 bits per heavy atom. The van der Waals surface area contributed by atoms with Gasteiger partial charge in [-0.1, -0.05) is 24.3 Å². The van der Waals surface area contributed by atoms with Gasteiger partial charge in [-0.05, 0) is 36.8 Å². The lowest BCUT2D eigenvalue weighted by atomic mass is 9.92. The second kappa shape index (κ2) is 7.13. The Morgan fingerprint density at radius 2 is 2.17 bits per heavy atom. The van der Waals surface area contributed by atoms with Gasteiger partial charge in [-0.3, -0.25) is 0 Å². The number of ether oxygens (including phenoxy) is 1. The van der Waals surface area contributed by atoms with Gasteiger partial charge in [-0.15, -0.1) is 11.6 Å². The molecule has 2 nitrogen and oxygen atoms in total. The Morgan fingerprint density at radius 1 is 1.33 bits per heavy atom. The summed E-state index contributed by atoms with van der Waals surface area (Å²) in [6.45, 7) is 0.922. The SMILES string of the molecule is COC1CCCC(NCc2cccc(CCl)c2)C1. The molecule has 0 bridgehead atoms. The van der Waals surface area contributed by atoms with Crippen molar-refractivity contribution in [2.45, 2.75) is 50.3 Å². The number of halogens is 1. The zero-order valence-electron chi connectivity index (χ0n) is 11.0. The maximum Gasteiger partial charge on any atom is 0.0586 e. The third-order valence-corrected chi connectivity index (χ3v) is 4.01. The van der Waals surface area contributed by atoms with E-state index in [1.165, 1.54) is 30.4 Å². The van der Waals surface area contributed by atoms with Crippen LogP contribution in [-0.2, 0) is 17.2 Å². The van der Waals surface area contributed by atoms with E-state index in [0.717, 1.165) is 13.0 Å². The van der Waals surface area contributed by atoms with E-state index in [9.17, 15) is 0 Å². The van der Waals surface area contributed by atoms with Crippen LogP contribution in [0.1, 0.15) is 36.8 Å². The highest BCUT2D eigenvalue weighted by atomic mass is 35.5. The molecule has 0 spiro atoms. The van der Waals surface area contributed by atoms with Crippen molar-refractivity contribution < 1.29 is 4.74 Å². The van der Waals surface area contributed by atoms with Crippen LogP contribution in [0.5, 0.6) is 0 Å². The lowest BCUT2D eigenvalue weighted by Gasteiger charge is -2.29. The zero-order chi connectivity index (χ0) is 12.8. The summed E-state index contributed by atoms with van der Waals surface area (Å²) in [7, 11) is 1.82. The van der Waals surface area contributed by atoms with E-state index < -0.39 is 0 Å². The first-order chi connectivity index (χ1) is 8.81. The van der Waals surface area contributed by atoms with Crippen molar-refractivity contribution in [3.8, 4) is 0 Å². The number of benzene rings is 1. The molecule has 18 heavy (non-hydrogen) atoms. The fourth-order valence-corrected chi connectivity index (χ4v) is 2.80. The van der Waals surface area contributed by atoms with Crippen molar-refractivity contribution in [2.75, 3.05) is 7.11 Å². The Bertz CT molecular complexity index is 369. The maximum absolute atomic E-state index is 5.85. The number of alkyl halides is 1. The highest BCUT2D eigenvalue weighted by molar-refractivity contribution is 6.17. The molecular weight excluding hydrogens is 246 g/mol. The molecular formula is C15H22ClNO. The van der Waals surface area contributed by atoms with Crippen LogP contribution in [0.25, 0.3) is 0 Å². The van der Waals surface area contributed by atoms with Crippen molar-refractivity contribution in [3.05, 3.63) is 35.4 Å². The van der Waals surface area contributed by atoms with Gasteiger partial charge >= 0.3 is 0 Å². The number of hydrogen-bond acceptors (Lipinski definition) is 2. The van der Waals surface area contributed by atoms with Gasteiger partial charge in [-0.25, -0.2) is 0 Å². The van der Waals surface area contributed by atoms with Crippen LogP contribution in [0.15, 0.2) is 24.3 Å². The molecule has 1 aromatic carbocycles. The molecule has 100 valence electrons. The summed E-state index contributed by atoms with van der Waals surface area (Å²) in [5.41, 5.74) is 2.50. The van der Waals surface area contributed by atoms with Gasteiger partial charge in [0, 0.05) is 25.6 Å². The van der Waals surface area contributed by atoms with E-state index in [0.29, 0.717) is 18.0 Å². The summed E-state index contributed by atoms with van der Waals surface area (Å²) >= 11 is 5.85. The van der Waals surface area contributed by atoms with Crippen LogP contribution < -0.4 is 5.32 Å². The van der Waals surface area contributed by atoms with E-state index in [-0.39, 0.29) is 0 Å². The zero-order valence-corrected chi connectivity index (χ0v) is 11.7. The minimum atomic E-state index is 0.436. The average molecular weight is 268 g/mol. The fourth-order valence-electron chi connectivity index (χ4n) is 2.63. The smallest absolute Gasteiger partial charge is 0.0586 e. The standard InChI is InChI=1S/C15H22ClNO/c1-18-15-7-3-6-14(9-15)17-11-13-5-2-4-12(8-13)10-16/h2,4-5,8,14-15,17H,3,6-7,9-11H2,1H3. The summed E-state index contributed by atoms with van der Waals surface area (Å²) in [6, 6.07) is 9.06. The molecule has 0 radical (unpaired) electrons. The van der Waals surface area contributed by atoms with E-state index in [1.807, 2.05) is 7.11 Å². The van der Waals surface area contributed by atoms with Crippen molar-refractivity contribution >= 4 is 11.6 Å². The monoisotopic (exact) mass is 267 g/mol. The maximum atomic E-state index is 5.85. The summed E-state index contributed by atoms with van der Waals surface area (Å²) in [5.74, 6) is 0.586. The second-order valence-corrected chi connectivity index (χ2v) is 5.32. The molecule has 1 aromatic rings. The average Bonchev–Trinajstić information content (AvgIpc) is 2.45. The molecule has 2 unspecified atom stereocenters. The molecule has 2 atom stereocenters. The Balaban J connectivity index is 1.83. The van der Waals surface area contributed by atoms with Gasteiger partial charge in [-0.2, -0.15) is 0 Å². The molecule has 1 N–H and O–H groups in total. The molecule has 0 saturated heterocycles. The first kappa shape index (κ1) is 13.9. The molecule has 2 rings (SSSR count). The van der Waals surface area contributed by atoms with Crippen molar-refractivity contribution in [1.82, 2.24) is 5.32 Å². The summed E-state index contributed by atoms with van der Waals surface area (Å²) < 4.78 is 5.45. The minimum Gasteiger partial charge on any atom is -0.381 e. The third kappa shape index (κ3) is 3.98. The van der Waals surface area contributed by atoms with Gasteiger partial charge in [0.1, 0.15) is 0 Å². The van der Waals surface area contributed by atoms with E-state index in [1.54, 1.807) is 0 Å². The Hall–Kier alpha value is -0.570. The number of methoxy groups -OCH3 is 1. The molecule has 0 amide bonds. The summed E-state index contributed by atoms with van der Waals surface area (Å²) in [4.78, 5) is 0. The Labute approximate surface area is 115 Å². The van der Waals surface area contributed by atoms with Gasteiger partial charge in [0.05, 0.1) is 6.10 Å². The molecule has 0 aliphatic heterocycles. The van der Waals surface area contributed by atoms with Gasteiger partial charge < -0.3 is 10.1 Å². The van der Waals surface area contributed by atoms with Crippen molar-refractivity contribution in [1.29, 1.82) is 0 Å². The predicted molar refractivity (Wildman–Crippen MR) is 75.9 cm³/mol. The van der Waals surface area contributed by atoms with Gasteiger partial charge in [0.15, 0.2) is 0 Å². The molecule has 1 aliphatic carbocycles. The molecule has 1 aliphatic rings. The van der Waals surface area contributed by atoms with Crippen LogP contribution in [-0.4, -0.2) is 19.3 Å². The molecule has 1 saturated carbocycles. The highest BCUT2D eigenvalue weighted by Crippen LogP contribution is 2.21. The quantitative estimate of drug-likeness (QED) is 0.825. The van der Waals surface area contributed by atoms with Gasteiger partial charge in [0.25, 0.3) is 0 Å². The summed E-state index contributed by atoms with van der Waals surface area (Å²) in [6.07, 6.45) is 5.29. The second-order valence-electron chi connectivity index (χ2n) is 5.06. The molecule has 0 aromatic heterocycles. The first-order valence-electron chi connectivity index (χ1n) is 6.71. The topological polar surface area (TPSA) is 21.3 Å². The van der Waals surface area contributed by atoms with Crippen molar-refractivity contribution in [3.63, 3.8) is 0 Å². The Kier molecular flexibility index (Phi) is 5.48. The van der Waals surface area contributed by atoms with Crippen molar-refractivity contribution in [2.24, 2.45) is 0 Å². The summed E-state index contributed by atoms with van der Waals surface area (Å²) in [5, 5.41) is 3.63. The normalized spacial score (nSPS) is 24.1. The molecule has 0 heterocycles. The minimum absolute atomic E-state index is 0.436. The number of hydrogen-bond donors (Lipinski definition) is 1. The van der Waals surface area contributed by atoms with Crippen LogP contribution in [0.3, 0.4) is 0 Å². The van der Waals surface area contributed by atoms with Crippen LogP contribution in [0, 0.1) is 0 Å².